The van der Waals surface area contributed by atoms with Gasteiger partial charge in [0.1, 0.15) is 11.5 Å². The number of furan rings is 1. The van der Waals surface area contributed by atoms with Gasteiger partial charge in [0.2, 0.25) is 0 Å². The van der Waals surface area contributed by atoms with Crippen molar-refractivity contribution in [3.8, 4) is 0 Å². The van der Waals surface area contributed by atoms with Crippen molar-refractivity contribution in [3.05, 3.63) is 35.0 Å². The summed E-state index contributed by atoms with van der Waals surface area (Å²) in [7, 11) is 0. The van der Waals surface area contributed by atoms with Crippen LogP contribution in [0.25, 0.3) is 0 Å². The number of aryl methyl sites for hydroxylation is 1. The molecule has 108 valence electrons. The number of H-pyrrole nitrogens is 1. The Hall–Kier alpha value is -2.24. The highest BCUT2D eigenvalue weighted by Gasteiger charge is 2.21. The highest BCUT2D eigenvalue weighted by molar-refractivity contribution is 5.97. The number of nitrogen functional groups attached to an aromatic ring is 1. The highest BCUT2D eigenvalue weighted by atomic mass is 16.3. The molecular formula is C14H20N4O2. The molecule has 0 saturated carbocycles. The molecule has 1 unspecified atom stereocenters. The molecule has 0 radical (unpaired) electrons. The molecule has 0 aliphatic carbocycles. The first kappa shape index (κ1) is 14.2. The lowest BCUT2D eigenvalue weighted by atomic mass is 10.1. The molecule has 6 nitrogen and oxygen atoms in total. The molecular weight excluding hydrogens is 256 g/mol. The van der Waals surface area contributed by atoms with Gasteiger partial charge in [0.15, 0.2) is 5.69 Å². The Morgan fingerprint density at radius 2 is 2.10 bits per heavy atom. The van der Waals surface area contributed by atoms with Crippen LogP contribution >= 0.6 is 0 Å². The van der Waals surface area contributed by atoms with Gasteiger partial charge in [-0.3, -0.25) is 9.89 Å². The molecule has 2 aromatic rings. The Kier molecular flexibility index (Phi) is 3.83. The molecule has 0 aliphatic heterocycles. The van der Waals surface area contributed by atoms with E-state index >= 15 is 0 Å². The molecule has 1 amide bonds. The fourth-order valence-corrected chi connectivity index (χ4v) is 2.00. The zero-order chi connectivity index (χ0) is 14.9. The molecule has 20 heavy (non-hydrogen) atoms. The number of rotatable bonds is 4. The molecule has 0 saturated heterocycles. The quantitative estimate of drug-likeness (QED) is 0.799. The number of amides is 1. The van der Waals surface area contributed by atoms with Gasteiger partial charge in [-0.25, -0.2) is 0 Å². The largest absolute Gasteiger partial charge is 0.464 e. The molecule has 0 spiro atoms. The zero-order valence-corrected chi connectivity index (χ0v) is 12.2. The Labute approximate surface area is 117 Å². The molecule has 2 heterocycles. The third-order valence-electron chi connectivity index (χ3n) is 3.16. The van der Waals surface area contributed by atoms with Gasteiger partial charge in [-0.1, -0.05) is 13.8 Å². The van der Waals surface area contributed by atoms with Crippen LogP contribution in [-0.2, 0) is 0 Å². The number of nitrogens with one attached hydrogen (secondary N) is 2. The first-order valence-corrected chi connectivity index (χ1v) is 6.61. The van der Waals surface area contributed by atoms with Gasteiger partial charge in [0.05, 0.1) is 17.4 Å². The average Bonchev–Trinajstić information content (AvgIpc) is 2.95. The third kappa shape index (κ3) is 2.68. The molecule has 2 rings (SSSR count). The number of aromatic nitrogens is 2. The van der Waals surface area contributed by atoms with E-state index in [4.69, 9.17) is 10.2 Å². The second-order valence-corrected chi connectivity index (χ2v) is 5.20. The topological polar surface area (TPSA) is 96.9 Å². The van der Waals surface area contributed by atoms with E-state index in [9.17, 15) is 4.79 Å². The minimum absolute atomic E-state index is 0.189. The van der Waals surface area contributed by atoms with Crippen molar-refractivity contribution in [2.75, 3.05) is 5.73 Å². The second-order valence-electron chi connectivity index (χ2n) is 5.20. The number of anilines is 1. The van der Waals surface area contributed by atoms with Crippen LogP contribution in [0.5, 0.6) is 0 Å². The summed E-state index contributed by atoms with van der Waals surface area (Å²) in [6.45, 7) is 7.68. The fourth-order valence-electron chi connectivity index (χ4n) is 2.00. The average molecular weight is 276 g/mol. The maximum absolute atomic E-state index is 12.2. The summed E-state index contributed by atoms with van der Waals surface area (Å²) in [6.07, 6.45) is 0. The lowest BCUT2D eigenvalue weighted by molar-refractivity contribution is 0.0931. The Morgan fingerprint density at radius 3 is 2.60 bits per heavy atom. The van der Waals surface area contributed by atoms with E-state index < -0.39 is 0 Å². The number of carbonyl (C=O) groups is 1. The summed E-state index contributed by atoms with van der Waals surface area (Å²) in [5.41, 5.74) is 7.35. The maximum atomic E-state index is 12.2. The zero-order valence-electron chi connectivity index (χ0n) is 12.2. The van der Waals surface area contributed by atoms with Crippen LogP contribution in [0.1, 0.15) is 60.4 Å². The van der Waals surface area contributed by atoms with Gasteiger partial charge in [-0.05, 0) is 31.9 Å². The number of hydrogen-bond donors (Lipinski definition) is 3. The number of nitrogens with zero attached hydrogens (tertiary/aromatic N) is 1. The smallest absolute Gasteiger partial charge is 0.274 e. The SMILES string of the molecule is Cc1ccc(C(C)NC(=O)c2n[nH]c(C(C)C)c2N)o1. The maximum Gasteiger partial charge on any atom is 0.274 e. The Bertz CT molecular complexity index is 612. The molecule has 2 aromatic heterocycles. The van der Waals surface area contributed by atoms with E-state index in [0.717, 1.165) is 11.5 Å². The van der Waals surface area contributed by atoms with E-state index in [1.807, 2.05) is 39.8 Å². The van der Waals surface area contributed by atoms with E-state index in [2.05, 4.69) is 15.5 Å². The predicted molar refractivity (Wildman–Crippen MR) is 76.4 cm³/mol. The summed E-state index contributed by atoms with van der Waals surface area (Å²) >= 11 is 0. The summed E-state index contributed by atoms with van der Waals surface area (Å²) in [5, 5.41) is 9.63. The summed E-state index contributed by atoms with van der Waals surface area (Å²) in [4.78, 5) is 12.2. The van der Waals surface area contributed by atoms with Crippen molar-refractivity contribution in [2.24, 2.45) is 0 Å². The van der Waals surface area contributed by atoms with Crippen LogP contribution in [0.4, 0.5) is 5.69 Å². The molecule has 0 fully saturated rings. The van der Waals surface area contributed by atoms with Crippen molar-refractivity contribution in [1.82, 2.24) is 15.5 Å². The molecule has 4 N–H and O–H groups in total. The van der Waals surface area contributed by atoms with E-state index in [1.54, 1.807) is 0 Å². The number of carbonyl (C=O) groups excluding carboxylic acids is 1. The van der Waals surface area contributed by atoms with Crippen molar-refractivity contribution in [3.63, 3.8) is 0 Å². The highest BCUT2D eigenvalue weighted by Crippen LogP contribution is 2.23. The van der Waals surface area contributed by atoms with Crippen LogP contribution in [0, 0.1) is 6.92 Å². The second kappa shape index (κ2) is 5.40. The van der Waals surface area contributed by atoms with Crippen LogP contribution in [0.15, 0.2) is 16.5 Å². The molecule has 0 bridgehead atoms. The van der Waals surface area contributed by atoms with E-state index in [1.165, 1.54) is 0 Å². The van der Waals surface area contributed by atoms with Gasteiger partial charge in [0, 0.05) is 0 Å². The number of hydrogen-bond acceptors (Lipinski definition) is 4. The molecule has 0 aliphatic rings. The number of nitrogens with two attached hydrogens (primary N) is 1. The van der Waals surface area contributed by atoms with Crippen molar-refractivity contribution < 1.29 is 9.21 Å². The van der Waals surface area contributed by atoms with Crippen LogP contribution in [0.2, 0.25) is 0 Å². The summed E-state index contributed by atoms with van der Waals surface area (Å²) < 4.78 is 5.48. The normalized spacial score (nSPS) is 12.7. The van der Waals surface area contributed by atoms with Crippen molar-refractivity contribution in [1.29, 1.82) is 0 Å². The van der Waals surface area contributed by atoms with Gasteiger partial charge >= 0.3 is 0 Å². The van der Waals surface area contributed by atoms with E-state index in [-0.39, 0.29) is 23.6 Å². The van der Waals surface area contributed by atoms with Crippen molar-refractivity contribution >= 4 is 11.6 Å². The molecule has 6 heteroatoms. The van der Waals surface area contributed by atoms with Gasteiger partial charge in [0.25, 0.3) is 5.91 Å². The lowest BCUT2D eigenvalue weighted by Gasteiger charge is -2.10. The van der Waals surface area contributed by atoms with Gasteiger partial charge in [-0.2, -0.15) is 5.10 Å². The Morgan fingerprint density at radius 1 is 1.40 bits per heavy atom. The minimum Gasteiger partial charge on any atom is -0.464 e. The first-order valence-electron chi connectivity index (χ1n) is 6.61. The lowest BCUT2D eigenvalue weighted by Crippen LogP contribution is -2.27. The van der Waals surface area contributed by atoms with E-state index in [0.29, 0.717) is 11.4 Å². The third-order valence-corrected chi connectivity index (χ3v) is 3.16. The Balaban J connectivity index is 2.12. The van der Waals surface area contributed by atoms with Gasteiger partial charge in [-0.15, -0.1) is 0 Å². The van der Waals surface area contributed by atoms with Crippen molar-refractivity contribution in [2.45, 2.75) is 39.7 Å². The molecule has 1 atom stereocenters. The summed E-state index contributed by atoms with van der Waals surface area (Å²) in [5.74, 6) is 1.39. The van der Waals surface area contributed by atoms with Crippen LogP contribution in [0.3, 0.4) is 0 Å². The van der Waals surface area contributed by atoms with Crippen LogP contribution < -0.4 is 11.1 Å². The summed E-state index contributed by atoms with van der Waals surface area (Å²) in [6, 6.07) is 3.46. The standard InChI is InChI=1S/C14H20N4O2/c1-7(2)12-11(15)13(18-17-12)14(19)16-9(4)10-6-5-8(3)20-10/h5-7,9H,15H2,1-4H3,(H,16,19)(H,17,18). The number of aromatic amines is 1. The van der Waals surface area contributed by atoms with Gasteiger partial charge < -0.3 is 15.5 Å². The molecule has 0 aromatic carbocycles. The van der Waals surface area contributed by atoms with Crippen LogP contribution in [-0.4, -0.2) is 16.1 Å². The predicted octanol–water partition coefficient (Wildman–Crippen LogP) is 2.51. The fraction of sp³-hybridized carbons (Fsp3) is 0.429. The first-order chi connectivity index (χ1) is 9.40. The minimum atomic E-state index is -0.313. The monoisotopic (exact) mass is 276 g/mol.